The maximum absolute atomic E-state index is 12.4. The first-order valence-corrected chi connectivity index (χ1v) is 8.97. The first-order valence-electron chi connectivity index (χ1n) is 8.97. The average Bonchev–Trinajstić information content (AvgIpc) is 3.26. The molecule has 1 saturated carbocycles. The predicted octanol–water partition coefficient (Wildman–Crippen LogP) is 3.45. The van der Waals surface area contributed by atoms with Gasteiger partial charge < -0.3 is 9.84 Å². The van der Waals surface area contributed by atoms with Gasteiger partial charge in [0.1, 0.15) is 17.8 Å². The molecular weight excluding hydrogens is 356 g/mol. The van der Waals surface area contributed by atoms with Crippen molar-refractivity contribution in [2.24, 2.45) is 0 Å². The van der Waals surface area contributed by atoms with Gasteiger partial charge in [0.05, 0.1) is 0 Å². The second kappa shape index (κ2) is 6.73. The number of imidazole rings is 1. The molecule has 28 heavy (non-hydrogen) atoms. The molecule has 0 saturated heterocycles. The Labute approximate surface area is 160 Å². The zero-order chi connectivity index (χ0) is 18.9. The van der Waals surface area contributed by atoms with Crippen molar-refractivity contribution in [1.82, 2.24) is 24.7 Å². The second-order valence-corrected chi connectivity index (χ2v) is 6.62. The third kappa shape index (κ3) is 3.27. The van der Waals surface area contributed by atoms with Gasteiger partial charge >= 0.3 is 0 Å². The summed E-state index contributed by atoms with van der Waals surface area (Å²) in [4.78, 5) is 25.4. The maximum atomic E-state index is 12.4. The first kappa shape index (κ1) is 16.4. The molecule has 4 aromatic rings. The summed E-state index contributed by atoms with van der Waals surface area (Å²) in [5, 5.41) is 6.86. The summed E-state index contributed by atoms with van der Waals surface area (Å²) < 4.78 is 7.06. The maximum Gasteiger partial charge on any atom is 0.275 e. The molecule has 0 unspecified atom stereocenters. The van der Waals surface area contributed by atoms with E-state index >= 15 is 0 Å². The number of hydrogen-bond acceptors (Lipinski definition) is 6. The number of amides is 1. The van der Waals surface area contributed by atoms with Crippen LogP contribution in [0.5, 0.6) is 0 Å². The zero-order valence-corrected chi connectivity index (χ0v) is 14.8. The highest BCUT2D eigenvalue weighted by Gasteiger charge is 2.29. The van der Waals surface area contributed by atoms with Crippen LogP contribution in [0.1, 0.15) is 35.1 Å². The molecule has 8 heteroatoms. The lowest BCUT2D eigenvalue weighted by atomic mass is 10.2. The number of benzene rings is 1. The largest absolute Gasteiger partial charge is 0.334 e. The molecule has 0 atom stereocenters. The quantitative estimate of drug-likeness (QED) is 0.576. The van der Waals surface area contributed by atoms with E-state index in [0.717, 1.165) is 24.2 Å². The van der Waals surface area contributed by atoms with E-state index in [0.29, 0.717) is 29.0 Å². The lowest BCUT2D eigenvalue weighted by Gasteiger charge is -2.03. The Kier molecular flexibility index (Phi) is 3.93. The van der Waals surface area contributed by atoms with Crippen molar-refractivity contribution in [3.63, 3.8) is 0 Å². The summed E-state index contributed by atoms with van der Waals surface area (Å²) in [7, 11) is 0. The molecule has 0 aliphatic heterocycles. The molecule has 0 bridgehead atoms. The van der Waals surface area contributed by atoms with Crippen LogP contribution in [0.25, 0.3) is 17.3 Å². The number of pyridine rings is 1. The van der Waals surface area contributed by atoms with E-state index in [-0.39, 0.29) is 5.91 Å². The van der Waals surface area contributed by atoms with E-state index < -0.39 is 0 Å². The summed E-state index contributed by atoms with van der Waals surface area (Å²) in [6, 6.07) is 12.9. The first-order chi connectivity index (χ1) is 13.8. The Hall–Kier alpha value is -3.81. The molecular formula is C20H16N6O2. The number of hydrogen-bond donors (Lipinski definition) is 1. The van der Waals surface area contributed by atoms with Crippen molar-refractivity contribution in [3.05, 3.63) is 72.7 Å². The topological polar surface area (TPSA) is 98.7 Å². The van der Waals surface area contributed by atoms with Crippen molar-refractivity contribution in [2.75, 3.05) is 5.32 Å². The number of carbonyl (C=O) groups excluding carboxylic acids is 1. The number of rotatable bonds is 5. The average molecular weight is 372 g/mol. The molecule has 138 valence electrons. The number of nitrogens with one attached hydrogen (secondary N) is 1. The van der Waals surface area contributed by atoms with Crippen LogP contribution in [0.2, 0.25) is 0 Å². The lowest BCUT2D eigenvalue weighted by Crippen LogP contribution is -2.12. The minimum atomic E-state index is -0.285. The zero-order valence-electron chi connectivity index (χ0n) is 14.8. The third-order valence-corrected chi connectivity index (χ3v) is 4.49. The highest BCUT2D eigenvalue weighted by molar-refractivity contribution is 6.02. The van der Waals surface area contributed by atoms with Gasteiger partial charge in [0.15, 0.2) is 5.82 Å². The molecule has 0 radical (unpaired) electrons. The summed E-state index contributed by atoms with van der Waals surface area (Å²) in [6.45, 7) is 0. The smallest absolute Gasteiger partial charge is 0.275 e. The van der Waals surface area contributed by atoms with E-state index in [4.69, 9.17) is 4.52 Å². The monoisotopic (exact) mass is 372 g/mol. The molecule has 5 rings (SSSR count). The number of carbonyl (C=O) groups is 1. The second-order valence-electron chi connectivity index (χ2n) is 6.62. The van der Waals surface area contributed by atoms with Crippen molar-refractivity contribution in [3.8, 4) is 17.3 Å². The standard InChI is InChI=1S/C20H16N6O2/c27-19(23-15-4-2-1-3-5-15)16-11-26(12-22-16)17-10-14(8-9-21-17)20-24-18(25-28-20)13-6-7-13/h1-5,8-13H,6-7H2,(H,23,27). The molecule has 0 spiro atoms. The molecule has 1 fully saturated rings. The number of para-hydroxylation sites is 1. The summed E-state index contributed by atoms with van der Waals surface area (Å²) in [6.07, 6.45) is 7.07. The van der Waals surface area contributed by atoms with Gasteiger partial charge in [-0.1, -0.05) is 23.4 Å². The molecule has 1 amide bonds. The van der Waals surface area contributed by atoms with Crippen LogP contribution in [0.15, 0.2) is 65.7 Å². The Morgan fingerprint density at radius 1 is 1.14 bits per heavy atom. The van der Waals surface area contributed by atoms with Crippen LogP contribution in [0.4, 0.5) is 5.69 Å². The van der Waals surface area contributed by atoms with Gasteiger partial charge in [-0.3, -0.25) is 9.36 Å². The van der Waals surface area contributed by atoms with Gasteiger partial charge in [0.2, 0.25) is 0 Å². The number of aromatic nitrogens is 5. The van der Waals surface area contributed by atoms with Crippen LogP contribution in [-0.4, -0.2) is 30.6 Å². The molecule has 1 N–H and O–H groups in total. The fourth-order valence-electron chi connectivity index (χ4n) is 2.83. The molecule has 1 aliphatic carbocycles. The Balaban J connectivity index is 1.37. The van der Waals surface area contributed by atoms with Crippen molar-refractivity contribution in [2.45, 2.75) is 18.8 Å². The van der Waals surface area contributed by atoms with E-state index in [1.165, 1.54) is 0 Å². The van der Waals surface area contributed by atoms with E-state index in [1.54, 1.807) is 23.3 Å². The predicted molar refractivity (Wildman–Crippen MR) is 101 cm³/mol. The van der Waals surface area contributed by atoms with E-state index in [2.05, 4.69) is 25.4 Å². The van der Waals surface area contributed by atoms with E-state index in [1.807, 2.05) is 42.5 Å². The Bertz CT molecular complexity index is 1130. The van der Waals surface area contributed by atoms with Gasteiger partial charge in [-0.2, -0.15) is 4.98 Å². The fraction of sp³-hybridized carbons (Fsp3) is 0.150. The van der Waals surface area contributed by atoms with Crippen molar-refractivity contribution in [1.29, 1.82) is 0 Å². The highest BCUT2D eigenvalue weighted by atomic mass is 16.5. The minimum absolute atomic E-state index is 0.285. The number of anilines is 1. The number of nitrogens with zero attached hydrogens (tertiary/aromatic N) is 5. The van der Waals surface area contributed by atoms with Gasteiger partial charge in [-0.15, -0.1) is 0 Å². The molecule has 1 aromatic carbocycles. The van der Waals surface area contributed by atoms with Gasteiger partial charge in [0, 0.05) is 29.6 Å². The SMILES string of the molecule is O=C(Nc1ccccc1)c1cn(-c2cc(-c3nc(C4CC4)no3)ccn2)cn1. The summed E-state index contributed by atoms with van der Waals surface area (Å²) in [5.74, 6) is 1.98. The Morgan fingerprint density at radius 2 is 2.00 bits per heavy atom. The van der Waals surface area contributed by atoms with Gasteiger partial charge in [-0.05, 0) is 37.1 Å². The molecule has 3 heterocycles. The van der Waals surface area contributed by atoms with Crippen molar-refractivity contribution >= 4 is 11.6 Å². The van der Waals surface area contributed by atoms with Crippen LogP contribution < -0.4 is 5.32 Å². The van der Waals surface area contributed by atoms with E-state index in [9.17, 15) is 4.79 Å². The molecule has 1 aliphatic rings. The van der Waals surface area contributed by atoms with Gasteiger partial charge in [-0.25, -0.2) is 9.97 Å². The summed E-state index contributed by atoms with van der Waals surface area (Å²) >= 11 is 0. The van der Waals surface area contributed by atoms with Gasteiger partial charge in [0.25, 0.3) is 11.8 Å². The van der Waals surface area contributed by atoms with Crippen molar-refractivity contribution < 1.29 is 9.32 Å². The normalized spacial score (nSPS) is 13.4. The van der Waals surface area contributed by atoms with Crippen LogP contribution in [-0.2, 0) is 0 Å². The van der Waals surface area contributed by atoms with Crippen LogP contribution >= 0.6 is 0 Å². The van der Waals surface area contributed by atoms with Crippen LogP contribution in [0.3, 0.4) is 0 Å². The minimum Gasteiger partial charge on any atom is -0.334 e. The molecule has 3 aromatic heterocycles. The third-order valence-electron chi connectivity index (χ3n) is 4.49. The van der Waals surface area contributed by atoms with Crippen LogP contribution in [0, 0.1) is 0 Å². The lowest BCUT2D eigenvalue weighted by molar-refractivity contribution is 0.102. The Morgan fingerprint density at radius 3 is 2.82 bits per heavy atom. The fourth-order valence-corrected chi connectivity index (χ4v) is 2.83. The molecule has 8 nitrogen and oxygen atoms in total. The highest BCUT2D eigenvalue weighted by Crippen LogP contribution is 2.38. The summed E-state index contributed by atoms with van der Waals surface area (Å²) in [5.41, 5.74) is 1.78.